The van der Waals surface area contributed by atoms with Gasteiger partial charge in [-0.2, -0.15) is 0 Å². The second-order valence-corrected chi connectivity index (χ2v) is 10.7. The minimum atomic E-state index is -0.593. The molecular weight excluding hydrogens is 440 g/mol. The van der Waals surface area contributed by atoms with E-state index in [1.807, 2.05) is 44.7 Å². The number of benzene rings is 1. The topological polar surface area (TPSA) is 90.5 Å². The fourth-order valence-corrected chi connectivity index (χ4v) is 4.54. The number of carbonyl (C=O) groups excluding carboxylic acids is 3. The zero-order valence-corrected chi connectivity index (χ0v) is 21.5. The molecule has 1 fully saturated rings. The van der Waals surface area contributed by atoms with E-state index < -0.39 is 6.04 Å². The predicted molar refractivity (Wildman–Crippen MR) is 132 cm³/mol. The Hall–Kier alpha value is -2.28. The van der Waals surface area contributed by atoms with E-state index in [2.05, 4.69) is 41.9 Å². The van der Waals surface area contributed by atoms with Crippen molar-refractivity contribution < 1.29 is 14.4 Å². The Morgan fingerprint density at radius 1 is 1.09 bits per heavy atom. The number of nitrogens with one attached hydrogen (secondary N) is 3. The number of rotatable bonds is 8. The average Bonchev–Trinajstić information content (AvgIpc) is 2.71. The van der Waals surface area contributed by atoms with Gasteiger partial charge in [-0.3, -0.25) is 9.59 Å². The molecule has 1 aromatic rings. The Morgan fingerprint density at radius 3 is 2.27 bits per heavy atom. The molecule has 0 aliphatic carbocycles. The molecule has 2 atom stereocenters. The normalized spacial score (nSPS) is 18.7. The monoisotopic (exact) mass is 478 g/mol. The largest absolute Gasteiger partial charge is 0.344 e. The zero-order chi connectivity index (χ0) is 24.8. The first-order valence-corrected chi connectivity index (χ1v) is 12.2. The minimum absolute atomic E-state index is 0.0230. The molecule has 3 N–H and O–H groups in total. The van der Waals surface area contributed by atoms with Gasteiger partial charge in [-0.25, -0.2) is 4.79 Å². The van der Waals surface area contributed by atoms with Crippen LogP contribution in [0.5, 0.6) is 0 Å². The summed E-state index contributed by atoms with van der Waals surface area (Å²) in [6, 6.07) is 7.09. The van der Waals surface area contributed by atoms with Crippen molar-refractivity contribution in [2.24, 2.45) is 11.3 Å². The number of amides is 4. The average molecular weight is 479 g/mol. The van der Waals surface area contributed by atoms with Crippen molar-refractivity contribution in [1.29, 1.82) is 0 Å². The van der Waals surface area contributed by atoms with E-state index in [1.165, 1.54) is 5.56 Å². The highest BCUT2D eigenvalue weighted by Gasteiger charge is 2.40. The molecule has 1 heterocycles. The van der Waals surface area contributed by atoms with Crippen LogP contribution in [0.4, 0.5) is 4.79 Å². The molecule has 0 radical (unpaired) electrons. The van der Waals surface area contributed by atoms with Crippen LogP contribution in [-0.4, -0.2) is 54.5 Å². The van der Waals surface area contributed by atoms with Crippen LogP contribution in [-0.2, 0) is 9.59 Å². The number of halogens is 1. The molecule has 0 saturated carbocycles. The van der Waals surface area contributed by atoms with Crippen LogP contribution in [0.25, 0.3) is 0 Å². The van der Waals surface area contributed by atoms with Crippen LogP contribution in [0.15, 0.2) is 24.3 Å². The van der Waals surface area contributed by atoms with Crippen molar-refractivity contribution in [3.05, 3.63) is 34.9 Å². The molecule has 2 unspecified atom stereocenters. The molecule has 1 aromatic carbocycles. The van der Waals surface area contributed by atoms with E-state index >= 15 is 0 Å². The molecule has 8 heteroatoms. The molecule has 0 spiro atoms. The van der Waals surface area contributed by atoms with E-state index in [9.17, 15) is 14.4 Å². The number of hydrogen-bond acceptors (Lipinski definition) is 3. The first-order valence-electron chi connectivity index (χ1n) is 11.8. The molecule has 1 saturated heterocycles. The maximum atomic E-state index is 13.4. The van der Waals surface area contributed by atoms with Gasteiger partial charge >= 0.3 is 6.03 Å². The standard InChI is InChI=1S/C25H39ClN4O3/c1-16(2)22(29-21(31)11-13-27-24(33)28-17(3)4)23(32)30-14-12-20(25(5,6)15-30)18-7-9-19(26)10-8-18/h7-10,16-17,20,22H,11-15H2,1-6H3,(H,29,31)(H2,27,28,33). The summed E-state index contributed by atoms with van der Waals surface area (Å²) in [5.74, 6) is -0.0154. The first kappa shape index (κ1) is 27.0. The van der Waals surface area contributed by atoms with E-state index in [0.717, 1.165) is 11.4 Å². The third kappa shape index (κ3) is 7.91. The molecule has 1 aliphatic heterocycles. The summed E-state index contributed by atoms with van der Waals surface area (Å²) in [5.41, 5.74) is 1.13. The van der Waals surface area contributed by atoms with E-state index in [0.29, 0.717) is 19.0 Å². The molecule has 1 aliphatic rings. The lowest BCUT2D eigenvalue weighted by molar-refractivity contribution is -0.140. The molecule has 184 valence electrons. The van der Waals surface area contributed by atoms with Crippen molar-refractivity contribution in [1.82, 2.24) is 20.9 Å². The molecule has 0 aromatic heterocycles. The fraction of sp³-hybridized carbons (Fsp3) is 0.640. The highest BCUT2D eigenvalue weighted by molar-refractivity contribution is 6.30. The van der Waals surface area contributed by atoms with Gasteiger partial charge in [0.2, 0.25) is 11.8 Å². The highest BCUT2D eigenvalue weighted by atomic mass is 35.5. The molecular formula is C25H39ClN4O3. The Balaban J connectivity index is 1.95. The van der Waals surface area contributed by atoms with Gasteiger partial charge in [-0.15, -0.1) is 0 Å². The van der Waals surface area contributed by atoms with Gasteiger partial charge in [0.1, 0.15) is 6.04 Å². The number of likely N-dealkylation sites (tertiary alicyclic amines) is 1. The molecule has 4 amide bonds. The van der Waals surface area contributed by atoms with Crippen molar-refractivity contribution in [2.45, 2.75) is 72.4 Å². The van der Waals surface area contributed by atoms with Crippen molar-refractivity contribution >= 4 is 29.4 Å². The number of urea groups is 1. The smallest absolute Gasteiger partial charge is 0.315 e. The summed E-state index contributed by atoms with van der Waals surface area (Å²) in [6.07, 6.45) is 0.972. The summed E-state index contributed by atoms with van der Waals surface area (Å²) in [4.78, 5) is 39.4. The Labute approximate surface area is 203 Å². The Morgan fingerprint density at radius 2 is 1.73 bits per heavy atom. The lowest BCUT2D eigenvalue weighted by Crippen LogP contribution is -2.56. The van der Waals surface area contributed by atoms with Gasteiger partial charge in [-0.1, -0.05) is 51.4 Å². The summed E-state index contributed by atoms with van der Waals surface area (Å²) in [5, 5.41) is 8.98. The predicted octanol–water partition coefficient (Wildman–Crippen LogP) is 3.92. The lowest BCUT2D eigenvalue weighted by atomic mass is 9.70. The second-order valence-electron chi connectivity index (χ2n) is 10.2. The SMILES string of the molecule is CC(C)NC(=O)NCCC(=O)NC(C(=O)N1CCC(c2ccc(Cl)cc2)C(C)(C)C1)C(C)C. The molecule has 33 heavy (non-hydrogen) atoms. The Bertz CT molecular complexity index is 823. The van der Waals surface area contributed by atoms with E-state index in [1.54, 1.807) is 0 Å². The Kier molecular flexibility index (Phi) is 9.58. The van der Waals surface area contributed by atoms with E-state index in [4.69, 9.17) is 11.6 Å². The number of hydrogen-bond donors (Lipinski definition) is 3. The molecule has 0 bridgehead atoms. The van der Waals surface area contributed by atoms with Crippen LogP contribution in [0, 0.1) is 11.3 Å². The van der Waals surface area contributed by atoms with Crippen LogP contribution in [0.3, 0.4) is 0 Å². The van der Waals surface area contributed by atoms with Gasteiger partial charge in [0.15, 0.2) is 0 Å². The first-order chi connectivity index (χ1) is 15.4. The second kappa shape index (κ2) is 11.7. The van der Waals surface area contributed by atoms with Gasteiger partial charge < -0.3 is 20.9 Å². The molecule has 2 rings (SSSR count). The third-order valence-electron chi connectivity index (χ3n) is 6.12. The van der Waals surface area contributed by atoms with Crippen molar-refractivity contribution in [3.63, 3.8) is 0 Å². The van der Waals surface area contributed by atoms with Crippen molar-refractivity contribution in [3.8, 4) is 0 Å². The van der Waals surface area contributed by atoms with Gasteiger partial charge in [-0.05, 0) is 55.2 Å². The van der Waals surface area contributed by atoms with Gasteiger partial charge in [0.05, 0.1) is 0 Å². The number of nitrogens with zero attached hydrogens (tertiary/aromatic N) is 1. The summed E-state index contributed by atoms with van der Waals surface area (Å²) < 4.78 is 0. The summed E-state index contributed by atoms with van der Waals surface area (Å²) in [7, 11) is 0. The maximum Gasteiger partial charge on any atom is 0.315 e. The van der Waals surface area contributed by atoms with Gasteiger partial charge in [0.25, 0.3) is 0 Å². The zero-order valence-electron chi connectivity index (χ0n) is 20.7. The fourth-order valence-electron chi connectivity index (χ4n) is 4.42. The summed E-state index contributed by atoms with van der Waals surface area (Å²) in [6.45, 7) is 13.4. The van der Waals surface area contributed by atoms with Gasteiger partial charge in [0, 0.05) is 37.1 Å². The quantitative estimate of drug-likeness (QED) is 0.528. The van der Waals surface area contributed by atoms with Crippen LogP contribution in [0.1, 0.15) is 65.9 Å². The lowest BCUT2D eigenvalue weighted by Gasteiger charge is -2.45. The van der Waals surface area contributed by atoms with Crippen LogP contribution >= 0.6 is 11.6 Å². The summed E-state index contributed by atoms with van der Waals surface area (Å²) >= 11 is 6.05. The van der Waals surface area contributed by atoms with Crippen molar-refractivity contribution in [2.75, 3.05) is 19.6 Å². The van der Waals surface area contributed by atoms with Crippen LogP contribution < -0.4 is 16.0 Å². The van der Waals surface area contributed by atoms with Crippen LogP contribution in [0.2, 0.25) is 5.02 Å². The molecule has 7 nitrogen and oxygen atoms in total. The third-order valence-corrected chi connectivity index (χ3v) is 6.37. The van der Waals surface area contributed by atoms with E-state index in [-0.39, 0.29) is 48.2 Å². The minimum Gasteiger partial charge on any atom is -0.344 e. The highest BCUT2D eigenvalue weighted by Crippen LogP contribution is 2.42. The maximum absolute atomic E-state index is 13.4. The number of piperidine rings is 1. The number of carbonyl (C=O) groups is 3.